The number of ether oxygens (including phenoxy) is 1. The van der Waals surface area contributed by atoms with Crippen molar-refractivity contribution in [1.29, 1.82) is 0 Å². The van der Waals surface area contributed by atoms with E-state index in [4.69, 9.17) is 14.9 Å². The molecule has 0 aromatic rings. The van der Waals surface area contributed by atoms with Gasteiger partial charge in [0.25, 0.3) is 0 Å². The Labute approximate surface area is 174 Å². The van der Waals surface area contributed by atoms with Crippen molar-refractivity contribution >= 4 is 5.97 Å². The van der Waals surface area contributed by atoms with Crippen LogP contribution in [0.5, 0.6) is 0 Å². The van der Waals surface area contributed by atoms with Gasteiger partial charge < -0.3 is 14.9 Å². The van der Waals surface area contributed by atoms with Crippen molar-refractivity contribution in [2.45, 2.75) is 129 Å². The zero-order valence-corrected chi connectivity index (χ0v) is 18.8. The fourth-order valence-corrected chi connectivity index (χ4v) is 3.46. The van der Waals surface area contributed by atoms with Crippen LogP contribution in [-0.2, 0) is 9.53 Å². The van der Waals surface area contributed by atoms with Crippen LogP contribution in [0.15, 0.2) is 0 Å². The van der Waals surface area contributed by atoms with E-state index in [0.29, 0.717) is 6.42 Å². The average molecular weight is 401 g/mol. The predicted octanol–water partition coefficient (Wildman–Crippen LogP) is 6.17. The van der Waals surface area contributed by atoms with E-state index in [1.54, 1.807) is 0 Å². The summed E-state index contributed by atoms with van der Waals surface area (Å²) in [4.78, 5) is 11.5. The molecule has 0 aromatic heterocycles. The van der Waals surface area contributed by atoms with Gasteiger partial charge in [-0.1, -0.05) is 110 Å². The zero-order valence-electron chi connectivity index (χ0n) is 18.8. The topological polar surface area (TPSA) is 66.8 Å². The Morgan fingerprint density at radius 3 is 1.50 bits per heavy atom. The lowest BCUT2D eigenvalue weighted by Gasteiger charge is -2.12. The van der Waals surface area contributed by atoms with Crippen LogP contribution in [-0.4, -0.2) is 35.5 Å². The third kappa shape index (κ3) is 18.7. The lowest BCUT2D eigenvalue weighted by Crippen LogP contribution is -2.25. The number of unbranched alkanes of at least 4 members (excludes halogenated alkanes) is 13. The maximum absolute atomic E-state index is 11.5. The largest absolute Gasteiger partial charge is 0.457 e. The van der Waals surface area contributed by atoms with Gasteiger partial charge in [0, 0.05) is 6.42 Å². The number of aliphatic hydroxyl groups is 2. The highest BCUT2D eigenvalue weighted by Gasteiger charge is 2.11. The molecule has 0 saturated heterocycles. The van der Waals surface area contributed by atoms with Crippen molar-refractivity contribution in [3.05, 3.63) is 0 Å². The number of esters is 1. The summed E-state index contributed by atoms with van der Waals surface area (Å²) in [5.41, 5.74) is 0. The smallest absolute Gasteiger partial charge is 0.306 e. The second-order valence-electron chi connectivity index (χ2n) is 8.48. The SMILES string of the molecule is CCC(C)CCCCCCCCCCCCCCCCC(=O)OC(CO)CO. The van der Waals surface area contributed by atoms with Gasteiger partial charge in [-0.3, -0.25) is 4.79 Å². The first-order valence-corrected chi connectivity index (χ1v) is 12.0. The number of carbonyl (C=O) groups excluding carboxylic acids is 1. The minimum Gasteiger partial charge on any atom is -0.457 e. The monoisotopic (exact) mass is 400 g/mol. The minimum absolute atomic E-state index is 0.316. The quantitative estimate of drug-likeness (QED) is 0.179. The fourth-order valence-electron chi connectivity index (χ4n) is 3.46. The Morgan fingerprint density at radius 2 is 1.11 bits per heavy atom. The molecule has 0 radical (unpaired) electrons. The molecular weight excluding hydrogens is 352 g/mol. The molecule has 1 unspecified atom stereocenters. The number of hydrogen-bond acceptors (Lipinski definition) is 4. The van der Waals surface area contributed by atoms with Crippen molar-refractivity contribution in [3.63, 3.8) is 0 Å². The highest BCUT2D eigenvalue weighted by atomic mass is 16.6. The minimum atomic E-state index is -0.762. The lowest BCUT2D eigenvalue weighted by atomic mass is 9.99. The molecule has 0 aliphatic carbocycles. The fraction of sp³-hybridized carbons (Fsp3) is 0.958. The van der Waals surface area contributed by atoms with Crippen LogP contribution in [0, 0.1) is 5.92 Å². The molecule has 0 aliphatic heterocycles. The molecule has 0 fully saturated rings. The predicted molar refractivity (Wildman–Crippen MR) is 117 cm³/mol. The summed E-state index contributed by atoms with van der Waals surface area (Å²) >= 11 is 0. The molecular formula is C24H48O4. The maximum atomic E-state index is 11.5. The Morgan fingerprint density at radius 1 is 0.714 bits per heavy atom. The normalized spacial score (nSPS) is 12.5. The molecule has 4 nitrogen and oxygen atoms in total. The molecule has 4 heteroatoms. The number of hydrogen-bond donors (Lipinski definition) is 2. The van der Waals surface area contributed by atoms with Gasteiger partial charge in [-0.15, -0.1) is 0 Å². The summed E-state index contributed by atoms with van der Waals surface area (Å²) in [5, 5.41) is 17.7. The van der Waals surface area contributed by atoms with Gasteiger partial charge in [0.15, 0.2) is 0 Å². The van der Waals surface area contributed by atoms with Gasteiger partial charge in [0.05, 0.1) is 13.2 Å². The molecule has 168 valence electrons. The van der Waals surface area contributed by atoms with E-state index >= 15 is 0 Å². The molecule has 0 bridgehead atoms. The van der Waals surface area contributed by atoms with Gasteiger partial charge in [-0.05, 0) is 12.3 Å². The van der Waals surface area contributed by atoms with E-state index in [1.807, 2.05) is 0 Å². The van der Waals surface area contributed by atoms with Crippen molar-refractivity contribution in [1.82, 2.24) is 0 Å². The second kappa shape index (κ2) is 21.1. The Bertz CT molecular complexity index is 329. The summed E-state index contributed by atoms with van der Waals surface area (Å²) in [6.07, 6.45) is 20.5. The third-order valence-corrected chi connectivity index (χ3v) is 5.73. The summed E-state index contributed by atoms with van der Waals surface area (Å²) in [7, 11) is 0. The zero-order chi connectivity index (χ0) is 20.9. The third-order valence-electron chi connectivity index (χ3n) is 5.73. The summed E-state index contributed by atoms with van der Waals surface area (Å²) in [6.45, 7) is 4.02. The molecule has 0 aliphatic rings. The van der Waals surface area contributed by atoms with Crippen LogP contribution >= 0.6 is 0 Å². The number of rotatable bonds is 21. The average Bonchev–Trinajstić information content (AvgIpc) is 2.71. The summed E-state index contributed by atoms with van der Waals surface area (Å²) in [6, 6.07) is 0. The van der Waals surface area contributed by atoms with Gasteiger partial charge in [0.2, 0.25) is 0 Å². The first-order valence-electron chi connectivity index (χ1n) is 12.0. The van der Waals surface area contributed by atoms with Gasteiger partial charge in [-0.2, -0.15) is 0 Å². The Kier molecular flexibility index (Phi) is 20.6. The van der Waals surface area contributed by atoms with Crippen LogP contribution in [0.25, 0.3) is 0 Å². The molecule has 1 atom stereocenters. The number of aliphatic hydroxyl groups excluding tert-OH is 2. The highest BCUT2D eigenvalue weighted by Crippen LogP contribution is 2.16. The molecule has 28 heavy (non-hydrogen) atoms. The van der Waals surface area contributed by atoms with E-state index in [-0.39, 0.29) is 19.2 Å². The van der Waals surface area contributed by atoms with Gasteiger partial charge in [-0.25, -0.2) is 0 Å². The van der Waals surface area contributed by atoms with Crippen LogP contribution in [0.2, 0.25) is 0 Å². The Balaban J connectivity index is 3.19. The molecule has 2 N–H and O–H groups in total. The van der Waals surface area contributed by atoms with E-state index in [0.717, 1.165) is 18.8 Å². The molecule has 0 saturated carbocycles. The summed E-state index contributed by atoms with van der Waals surface area (Å²) in [5.74, 6) is 0.594. The van der Waals surface area contributed by atoms with Gasteiger partial charge >= 0.3 is 5.97 Å². The van der Waals surface area contributed by atoms with Crippen molar-refractivity contribution in [2.75, 3.05) is 13.2 Å². The Hall–Kier alpha value is -0.610. The highest BCUT2D eigenvalue weighted by molar-refractivity contribution is 5.69. The van der Waals surface area contributed by atoms with Crippen LogP contribution in [0.3, 0.4) is 0 Å². The van der Waals surface area contributed by atoms with Crippen molar-refractivity contribution in [3.8, 4) is 0 Å². The maximum Gasteiger partial charge on any atom is 0.306 e. The lowest BCUT2D eigenvalue weighted by molar-refractivity contribution is -0.153. The first-order chi connectivity index (χ1) is 13.6. The van der Waals surface area contributed by atoms with E-state index < -0.39 is 6.10 Å². The van der Waals surface area contributed by atoms with Crippen LogP contribution < -0.4 is 0 Å². The molecule has 0 heterocycles. The molecule has 0 rings (SSSR count). The van der Waals surface area contributed by atoms with E-state index in [9.17, 15) is 4.79 Å². The van der Waals surface area contributed by atoms with E-state index in [2.05, 4.69) is 13.8 Å². The van der Waals surface area contributed by atoms with E-state index in [1.165, 1.54) is 89.9 Å². The van der Waals surface area contributed by atoms with Gasteiger partial charge in [0.1, 0.15) is 6.10 Å². The first kappa shape index (κ1) is 27.4. The second-order valence-corrected chi connectivity index (χ2v) is 8.48. The molecule has 0 aromatic carbocycles. The molecule has 0 amide bonds. The number of carbonyl (C=O) groups is 1. The van der Waals surface area contributed by atoms with Crippen LogP contribution in [0.4, 0.5) is 0 Å². The van der Waals surface area contributed by atoms with Crippen molar-refractivity contribution in [2.24, 2.45) is 5.92 Å². The molecule has 0 spiro atoms. The standard InChI is InChI=1S/C24H48O4/c1-3-22(2)18-16-14-12-10-8-6-4-5-7-9-11-13-15-17-19-24(27)28-23(20-25)21-26/h22-23,25-26H,3-21H2,1-2H3. The van der Waals surface area contributed by atoms with Crippen molar-refractivity contribution < 1.29 is 19.7 Å². The summed E-state index contributed by atoms with van der Waals surface area (Å²) < 4.78 is 4.94. The van der Waals surface area contributed by atoms with Crippen LogP contribution in [0.1, 0.15) is 123 Å².